The Bertz CT molecular complexity index is 83.8. The quantitative estimate of drug-likeness (QED) is 0.507. The molecule has 0 N–H and O–H groups in total. The van der Waals surface area contributed by atoms with Crippen LogP contribution in [0.5, 0.6) is 0 Å². The molecular formula is C4H6NOS. The number of hydrogen-bond acceptors (Lipinski definition) is 3. The van der Waals surface area contributed by atoms with Crippen LogP contribution in [0.15, 0.2) is 4.99 Å². The Labute approximate surface area is 47.0 Å². The second-order valence-corrected chi connectivity index (χ2v) is 2.06. The fraction of sp³-hybridized carbons (Fsp3) is 0.500. The predicted octanol–water partition coefficient (Wildman–Crippen LogP) is 0.896. The molecule has 1 atom stereocenters. The van der Waals surface area contributed by atoms with E-state index < -0.39 is 0 Å². The number of thioether (sulfide) groups is 1. The molecule has 0 aromatic heterocycles. The fourth-order valence-corrected chi connectivity index (χ4v) is 0.886. The predicted molar refractivity (Wildman–Crippen MR) is 31.2 cm³/mol. The van der Waals surface area contributed by atoms with Gasteiger partial charge in [-0.2, -0.15) is 0 Å². The molecule has 1 heterocycles. The third-order valence-corrected chi connectivity index (χ3v) is 1.49. The lowest BCUT2D eigenvalue weighted by molar-refractivity contribution is 0.183. The molecule has 1 unspecified atom stereocenters. The lowest BCUT2D eigenvalue weighted by Gasteiger charge is -1.98. The van der Waals surface area contributed by atoms with Crippen LogP contribution in [0.3, 0.4) is 0 Å². The van der Waals surface area contributed by atoms with Crippen LogP contribution in [0.25, 0.3) is 0 Å². The summed E-state index contributed by atoms with van der Waals surface area (Å²) in [6, 6.07) is 0. The Hall–Kier alpha value is -0.0200. The first-order chi connectivity index (χ1) is 3.43. The molecule has 0 aromatic carbocycles. The molecule has 2 nitrogen and oxygen atoms in total. The van der Waals surface area contributed by atoms with Crippen LogP contribution in [0.2, 0.25) is 0 Å². The van der Waals surface area contributed by atoms with Crippen molar-refractivity contribution in [2.75, 3.05) is 7.11 Å². The minimum Gasteiger partial charge on any atom is -0.351 e. The van der Waals surface area contributed by atoms with Crippen LogP contribution in [0.1, 0.15) is 0 Å². The highest BCUT2D eigenvalue weighted by Crippen LogP contribution is 2.19. The molecule has 0 saturated carbocycles. The summed E-state index contributed by atoms with van der Waals surface area (Å²) in [4.78, 5) is 3.91. The fourth-order valence-electron chi connectivity index (χ4n) is 0.359. The number of ether oxygens (including phenoxy) is 1. The van der Waals surface area contributed by atoms with E-state index in [2.05, 4.69) is 4.99 Å². The van der Waals surface area contributed by atoms with Crippen molar-refractivity contribution in [3.8, 4) is 0 Å². The zero-order valence-corrected chi connectivity index (χ0v) is 4.81. The molecule has 0 spiro atoms. The zero-order valence-electron chi connectivity index (χ0n) is 4.00. The Balaban J connectivity index is 2.28. The standard InChI is InChI=1S/C4H6NOS/c1-6-4-5-2-3-7-4/h2-4H,1H3. The molecule has 1 rings (SSSR count). The number of nitrogens with zero attached hydrogens (tertiary/aromatic N) is 1. The van der Waals surface area contributed by atoms with E-state index in [0.717, 1.165) is 0 Å². The van der Waals surface area contributed by atoms with Gasteiger partial charge in [0.1, 0.15) is 0 Å². The van der Waals surface area contributed by atoms with E-state index in [1.54, 1.807) is 25.1 Å². The van der Waals surface area contributed by atoms with Gasteiger partial charge in [-0.3, -0.25) is 4.99 Å². The average Bonchev–Trinajstić information content (AvgIpc) is 2.14. The summed E-state index contributed by atoms with van der Waals surface area (Å²) in [5.41, 5.74) is 0.0278. The first-order valence-electron chi connectivity index (χ1n) is 1.97. The molecule has 0 bridgehead atoms. The normalized spacial score (nSPS) is 29.0. The van der Waals surface area contributed by atoms with E-state index in [1.807, 2.05) is 5.75 Å². The van der Waals surface area contributed by atoms with Crippen molar-refractivity contribution in [3.05, 3.63) is 5.75 Å². The lowest BCUT2D eigenvalue weighted by atomic mass is 10.9. The second kappa shape index (κ2) is 2.33. The van der Waals surface area contributed by atoms with Gasteiger partial charge in [0.05, 0.1) is 5.75 Å². The molecule has 1 radical (unpaired) electrons. The van der Waals surface area contributed by atoms with Crippen LogP contribution >= 0.6 is 11.8 Å². The minimum absolute atomic E-state index is 0.0278. The summed E-state index contributed by atoms with van der Waals surface area (Å²) >= 11 is 1.57. The Morgan fingerprint density at radius 2 is 2.71 bits per heavy atom. The maximum atomic E-state index is 4.84. The van der Waals surface area contributed by atoms with Gasteiger partial charge in [-0.25, -0.2) is 0 Å². The summed E-state index contributed by atoms with van der Waals surface area (Å²) in [6.07, 6.45) is 1.75. The van der Waals surface area contributed by atoms with E-state index in [-0.39, 0.29) is 5.56 Å². The summed E-state index contributed by atoms with van der Waals surface area (Å²) in [5.74, 6) is 1.91. The topological polar surface area (TPSA) is 21.6 Å². The largest absolute Gasteiger partial charge is 0.351 e. The zero-order chi connectivity index (χ0) is 5.11. The van der Waals surface area contributed by atoms with Crippen molar-refractivity contribution in [3.63, 3.8) is 0 Å². The van der Waals surface area contributed by atoms with E-state index >= 15 is 0 Å². The van der Waals surface area contributed by atoms with Crippen LogP contribution in [-0.4, -0.2) is 18.9 Å². The summed E-state index contributed by atoms with van der Waals surface area (Å²) in [5, 5.41) is 0. The lowest BCUT2D eigenvalue weighted by Crippen LogP contribution is -1.94. The molecule has 0 fully saturated rings. The average molecular weight is 116 g/mol. The molecule has 0 amide bonds. The molecule has 0 aromatic rings. The van der Waals surface area contributed by atoms with Gasteiger partial charge in [-0.1, -0.05) is 11.8 Å². The van der Waals surface area contributed by atoms with Gasteiger partial charge < -0.3 is 4.74 Å². The molecule has 0 saturated heterocycles. The number of methoxy groups -OCH3 is 1. The number of aliphatic imine (C=N–C) groups is 1. The van der Waals surface area contributed by atoms with Gasteiger partial charge in [0.25, 0.3) is 0 Å². The second-order valence-electron chi connectivity index (χ2n) is 1.11. The minimum atomic E-state index is 0.0278. The van der Waals surface area contributed by atoms with E-state index in [9.17, 15) is 0 Å². The van der Waals surface area contributed by atoms with Crippen LogP contribution in [0, 0.1) is 5.75 Å². The Morgan fingerprint density at radius 3 is 3.00 bits per heavy atom. The SMILES string of the molecule is COC1N=C[CH]S1. The maximum absolute atomic E-state index is 4.84. The Kier molecular flexibility index (Phi) is 1.70. The van der Waals surface area contributed by atoms with Crippen molar-refractivity contribution in [2.24, 2.45) is 4.99 Å². The molecule has 0 aliphatic carbocycles. The highest BCUT2D eigenvalue weighted by molar-refractivity contribution is 8.02. The van der Waals surface area contributed by atoms with Gasteiger partial charge in [-0.15, -0.1) is 0 Å². The smallest absolute Gasteiger partial charge is 0.196 e. The van der Waals surface area contributed by atoms with E-state index in [1.165, 1.54) is 0 Å². The Morgan fingerprint density at radius 1 is 1.86 bits per heavy atom. The van der Waals surface area contributed by atoms with E-state index in [4.69, 9.17) is 4.74 Å². The van der Waals surface area contributed by atoms with Gasteiger partial charge in [-0.05, 0) is 0 Å². The van der Waals surface area contributed by atoms with Crippen molar-refractivity contribution >= 4 is 18.0 Å². The van der Waals surface area contributed by atoms with Gasteiger partial charge in [0.2, 0.25) is 0 Å². The van der Waals surface area contributed by atoms with Crippen molar-refractivity contribution in [2.45, 2.75) is 5.56 Å². The van der Waals surface area contributed by atoms with Crippen LogP contribution in [-0.2, 0) is 4.74 Å². The van der Waals surface area contributed by atoms with Crippen LogP contribution in [0.4, 0.5) is 0 Å². The maximum Gasteiger partial charge on any atom is 0.196 e. The first kappa shape index (κ1) is 5.12. The summed E-state index contributed by atoms with van der Waals surface area (Å²) in [6.45, 7) is 0. The van der Waals surface area contributed by atoms with Gasteiger partial charge in [0, 0.05) is 13.3 Å². The van der Waals surface area contributed by atoms with Crippen molar-refractivity contribution in [1.82, 2.24) is 0 Å². The number of hydrogen-bond donors (Lipinski definition) is 0. The monoisotopic (exact) mass is 116 g/mol. The highest BCUT2D eigenvalue weighted by Gasteiger charge is 2.07. The van der Waals surface area contributed by atoms with Crippen molar-refractivity contribution in [1.29, 1.82) is 0 Å². The number of rotatable bonds is 1. The van der Waals surface area contributed by atoms with Crippen LogP contribution < -0.4 is 0 Å². The molecular weight excluding hydrogens is 110 g/mol. The first-order valence-corrected chi connectivity index (χ1v) is 2.91. The molecule has 3 heteroatoms. The van der Waals surface area contributed by atoms with Gasteiger partial charge in [0.15, 0.2) is 5.56 Å². The molecule has 1 aliphatic heterocycles. The third-order valence-electron chi connectivity index (χ3n) is 0.665. The summed E-state index contributed by atoms with van der Waals surface area (Å²) in [7, 11) is 1.65. The molecule has 39 valence electrons. The summed E-state index contributed by atoms with van der Waals surface area (Å²) < 4.78 is 4.84. The van der Waals surface area contributed by atoms with E-state index in [0.29, 0.717) is 0 Å². The van der Waals surface area contributed by atoms with Crippen molar-refractivity contribution < 1.29 is 4.74 Å². The highest BCUT2D eigenvalue weighted by atomic mass is 32.2. The van der Waals surface area contributed by atoms with Gasteiger partial charge >= 0.3 is 0 Å². The molecule has 7 heavy (non-hydrogen) atoms. The third kappa shape index (κ3) is 1.17. The molecule has 1 aliphatic rings.